The van der Waals surface area contributed by atoms with E-state index in [9.17, 15) is 4.79 Å². The third-order valence-electron chi connectivity index (χ3n) is 3.90. The summed E-state index contributed by atoms with van der Waals surface area (Å²) >= 11 is 0. The van der Waals surface area contributed by atoms with Crippen LogP contribution in [-0.4, -0.2) is 25.5 Å². The fourth-order valence-corrected chi connectivity index (χ4v) is 2.49. The quantitative estimate of drug-likeness (QED) is 0.897. The van der Waals surface area contributed by atoms with Gasteiger partial charge in [-0.1, -0.05) is 36.8 Å². The minimum absolute atomic E-state index is 0. The van der Waals surface area contributed by atoms with Crippen molar-refractivity contribution in [1.29, 1.82) is 0 Å². The SMILES string of the molecule is Cc1ccc(C(C)CNC(=O)C2CCCNC2)cc1.Cl. The Hall–Kier alpha value is -1.06. The molecule has 20 heavy (non-hydrogen) atoms. The van der Waals surface area contributed by atoms with Gasteiger partial charge in [-0.15, -0.1) is 12.4 Å². The number of hydrogen-bond acceptors (Lipinski definition) is 2. The number of aryl methyl sites for hydroxylation is 1. The maximum atomic E-state index is 12.0. The highest BCUT2D eigenvalue weighted by molar-refractivity contribution is 5.85. The summed E-state index contributed by atoms with van der Waals surface area (Å²) in [7, 11) is 0. The van der Waals surface area contributed by atoms with Crippen molar-refractivity contribution in [2.24, 2.45) is 5.92 Å². The van der Waals surface area contributed by atoms with Gasteiger partial charge in [-0.2, -0.15) is 0 Å². The number of nitrogens with one attached hydrogen (secondary N) is 2. The molecule has 0 spiro atoms. The van der Waals surface area contributed by atoms with Gasteiger partial charge >= 0.3 is 0 Å². The van der Waals surface area contributed by atoms with E-state index in [-0.39, 0.29) is 24.2 Å². The Balaban J connectivity index is 0.00000200. The molecule has 1 aliphatic rings. The maximum Gasteiger partial charge on any atom is 0.224 e. The van der Waals surface area contributed by atoms with Gasteiger partial charge in [-0.05, 0) is 37.8 Å². The van der Waals surface area contributed by atoms with E-state index in [4.69, 9.17) is 0 Å². The molecule has 0 aromatic heterocycles. The number of carbonyl (C=O) groups is 1. The van der Waals surface area contributed by atoms with Gasteiger partial charge in [-0.25, -0.2) is 0 Å². The number of piperidine rings is 1. The number of rotatable bonds is 4. The van der Waals surface area contributed by atoms with E-state index in [0.717, 1.165) is 32.5 Å². The second-order valence-corrected chi connectivity index (χ2v) is 5.60. The largest absolute Gasteiger partial charge is 0.355 e. The summed E-state index contributed by atoms with van der Waals surface area (Å²) < 4.78 is 0. The predicted octanol–water partition coefficient (Wildman–Crippen LogP) is 2.64. The Morgan fingerprint density at radius 1 is 1.40 bits per heavy atom. The number of carbonyl (C=O) groups excluding carboxylic acids is 1. The molecule has 1 aromatic rings. The molecule has 2 rings (SSSR count). The van der Waals surface area contributed by atoms with Crippen molar-refractivity contribution in [3.63, 3.8) is 0 Å². The summed E-state index contributed by atoms with van der Waals surface area (Å²) in [5.74, 6) is 0.714. The molecular formula is C16H25ClN2O. The van der Waals surface area contributed by atoms with Gasteiger partial charge in [0.2, 0.25) is 5.91 Å². The number of hydrogen-bond donors (Lipinski definition) is 2. The van der Waals surface area contributed by atoms with Gasteiger partial charge in [0.05, 0.1) is 5.92 Å². The van der Waals surface area contributed by atoms with Crippen LogP contribution in [0.1, 0.15) is 36.8 Å². The third kappa shape index (κ3) is 4.80. The van der Waals surface area contributed by atoms with Crippen molar-refractivity contribution in [2.45, 2.75) is 32.6 Å². The molecule has 1 heterocycles. The zero-order valence-corrected chi connectivity index (χ0v) is 13.1. The minimum atomic E-state index is 0. The van der Waals surface area contributed by atoms with E-state index in [2.05, 4.69) is 48.7 Å². The van der Waals surface area contributed by atoms with Crippen LogP contribution < -0.4 is 10.6 Å². The molecule has 1 aromatic carbocycles. The molecule has 4 heteroatoms. The Morgan fingerprint density at radius 2 is 2.10 bits per heavy atom. The summed E-state index contributed by atoms with van der Waals surface area (Å²) in [6.45, 7) is 6.84. The topological polar surface area (TPSA) is 41.1 Å². The van der Waals surface area contributed by atoms with E-state index in [1.807, 2.05) is 0 Å². The molecule has 0 aliphatic carbocycles. The third-order valence-corrected chi connectivity index (χ3v) is 3.90. The highest BCUT2D eigenvalue weighted by Crippen LogP contribution is 2.15. The van der Waals surface area contributed by atoms with Crippen LogP contribution in [0.15, 0.2) is 24.3 Å². The van der Waals surface area contributed by atoms with Crippen molar-refractivity contribution >= 4 is 18.3 Å². The second kappa shape index (κ2) is 8.28. The first-order valence-electron chi connectivity index (χ1n) is 7.22. The van der Waals surface area contributed by atoms with Crippen LogP contribution in [0.2, 0.25) is 0 Å². The highest BCUT2D eigenvalue weighted by atomic mass is 35.5. The molecule has 1 amide bonds. The first-order chi connectivity index (χ1) is 9.16. The smallest absolute Gasteiger partial charge is 0.224 e. The fourth-order valence-electron chi connectivity index (χ4n) is 2.49. The molecule has 112 valence electrons. The molecule has 2 N–H and O–H groups in total. The standard InChI is InChI=1S/C16H24N2O.ClH/c1-12-5-7-14(8-6-12)13(2)10-18-16(19)15-4-3-9-17-11-15;/h5-8,13,15,17H,3-4,9-11H2,1-2H3,(H,18,19);1H. The Bertz CT molecular complexity index is 413. The van der Waals surface area contributed by atoms with E-state index < -0.39 is 0 Å². The lowest BCUT2D eigenvalue weighted by molar-refractivity contribution is -0.125. The van der Waals surface area contributed by atoms with Crippen LogP contribution in [0.25, 0.3) is 0 Å². The molecule has 0 radical (unpaired) electrons. The van der Waals surface area contributed by atoms with Crippen molar-refractivity contribution in [3.05, 3.63) is 35.4 Å². The molecule has 3 nitrogen and oxygen atoms in total. The van der Waals surface area contributed by atoms with Crippen LogP contribution in [-0.2, 0) is 4.79 Å². The normalized spacial score (nSPS) is 19.8. The van der Waals surface area contributed by atoms with Crippen LogP contribution >= 0.6 is 12.4 Å². The summed E-state index contributed by atoms with van der Waals surface area (Å²) in [6.07, 6.45) is 2.11. The van der Waals surface area contributed by atoms with Gasteiger partial charge in [0, 0.05) is 13.1 Å². The summed E-state index contributed by atoms with van der Waals surface area (Å²) in [4.78, 5) is 12.0. The molecule has 0 saturated carbocycles. The lowest BCUT2D eigenvalue weighted by Crippen LogP contribution is -2.41. The fraction of sp³-hybridized carbons (Fsp3) is 0.562. The van der Waals surface area contributed by atoms with Crippen LogP contribution in [0, 0.1) is 12.8 Å². The van der Waals surface area contributed by atoms with Crippen molar-refractivity contribution < 1.29 is 4.79 Å². The molecule has 1 saturated heterocycles. The molecular weight excluding hydrogens is 272 g/mol. The van der Waals surface area contributed by atoms with Crippen LogP contribution in [0.5, 0.6) is 0 Å². The molecule has 0 bridgehead atoms. The molecule has 1 fully saturated rings. The number of amides is 1. The monoisotopic (exact) mass is 296 g/mol. The Kier molecular flexibility index (Phi) is 7.03. The minimum Gasteiger partial charge on any atom is -0.355 e. The van der Waals surface area contributed by atoms with E-state index >= 15 is 0 Å². The summed E-state index contributed by atoms with van der Waals surface area (Å²) in [5.41, 5.74) is 2.56. The molecule has 1 aliphatic heterocycles. The van der Waals surface area contributed by atoms with Gasteiger partial charge < -0.3 is 10.6 Å². The Morgan fingerprint density at radius 3 is 2.70 bits per heavy atom. The first kappa shape index (κ1) is 17.0. The highest BCUT2D eigenvalue weighted by Gasteiger charge is 2.20. The maximum absolute atomic E-state index is 12.0. The summed E-state index contributed by atoms with van der Waals surface area (Å²) in [5, 5.41) is 6.37. The Labute approximate surface area is 127 Å². The average molecular weight is 297 g/mol. The average Bonchev–Trinajstić information content (AvgIpc) is 2.46. The van der Waals surface area contributed by atoms with E-state index in [0.29, 0.717) is 5.92 Å². The zero-order valence-electron chi connectivity index (χ0n) is 12.3. The zero-order chi connectivity index (χ0) is 13.7. The summed E-state index contributed by atoms with van der Waals surface area (Å²) in [6, 6.07) is 8.54. The van der Waals surface area contributed by atoms with E-state index in [1.54, 1.807) is 0 Å². The van der Waals surface area contributed by atoms with E-state index in [1.165, 1.54) is 11.1 Å². The second-order valence-electron chi connectivity index (χ2n) is 5.60. The van der Waals surface area contributed by atoms with Gasteiger partial charge in [-0.3, -0.25) is 4.79 Å². The lowest BCUT2D eigenvalue weighted by atomic mass is 9.97. The van der Waals surface area contributed by atoms with Gasteiger partial charge in [0.1, 0.15) is 0 Å². The van der Waals surface area contributed by atoms with Crippen molar-refractivity contribution in [1.82, 2.24) is 10.6 Å². The van der Waals surface area contributed by atoms with Crippen LogP contribution in [0.4, 0.5) is 0 Å². The first-order valence-corrected chi connectivity index (χ1v) is 7.22. The van der Waals surface area contributed by atoms with Gasteiger partial charge in [0.25, 0.3) is 0 Å². The predicted molar refractivity (Wildman–Crippen MR) is 85.4 cm³/mol. The molecule has 2 atom stereocenters. The number of halogens is 1. The molecule has 2 unspecified atom stereocenters. The lowest BCUT2D eigenvalue weighted by Gasteiger charge is -2.23. The van der Waals surface area contributed by atoms with Gasteiger partial charge in [0.15, 0.2) is 0 Å². The number of benzene rings is 1. The van der Waals surface area contributed by atoms with Crippen molar-refractivity contribution in [3.8, 4) is 0 Å². The van der Waals surface area contributed by atoms with Crippen LogP contribution in [0.3, 0.4) is 0 Å². The van der Waals surface area contributed by atoms with Crippen molar-refractivity contribution in [2.75, 3.05) is 19.6 Å².